The molecule has 2 aliphatic rings. The SMILES string of the molecule is CN1CCC(CNC(=O)NCC2CNC2)C1. The van der Waals surface area contributed by atoms with Gasteiger partial charge in [0.05, 0.1) is 0 Å². The minimum absolute atomic E-state index is 0.0125. The Bertz CT molecular complexity index is 242. The van der Waals surface area contributed by atoms with Gasteiger partial charge in [-0.2, -0.15) is 0 Å². The van der Waals surface area contributed by atoms with Crippen molar-refractivity contribution in [1.29, 1.82) is 0 Å². The normalized spacial score (nSPS) is 26.4. The molecule has 1 unspecified atom stereocenters. The highest BCUT2D eigenvalue weighted by Crippen LogP contribution is 2.12. The van der Waals surface area contributed by atoms with E-state index in [9.17, 15) is 4.79 Å². The highest BCUT2D eigenvalue weighted by Gasteiger charge is 2.20. The fourth-order valence-corrected chi connectivity index (χ4v) is 2.22. The summed E-state index contributed by atoms with van der Waals surface area (Å²) in [6.45, 7) is 5.93. The van der Waals surface area contributed by atoms with E-state index in [4.69, 9.17) is 0 Å². The van der Waals surface area contributed by atoms with E-state index in [1.807, 2.05) is 0 Å². The lowest BCUT2D eigenvalue weighted by Crippen LogP contribution is -2.50. The second kappa shape index (κ2) is 5.50. The second-order valence-corrected chi connectivity index (χ2v) is 5.03. The molecule has 2 amide bonds. The maximum absolute atomic E-state index is 11.5. The Balaban J connectivity index is 1.53. The first-order valence-corrected chi connectivity index (χ1v) is 6.15. The Morgan fingerprint density at radius 1 is 1.31 bits per heavy atom. The molecule has 0 aromatic rings. The van der Waals surface area contributed by atoms with E-state index >= 15 is 0 Å². The number of nitrogens with one attached hydrogen (secondary N) is 3. The molecule has 0 aromatic heterocycles. The number of rotatable bonds is 4. The van der Waals surface area contributed by atoms with Crippen molar-refractivity contribution in [2.24, 2.45) is 11.8 Å². The maximum Gasteiger partial charge on any atom is 0.314 e. The van der Waals surface area contributed by atoms with E-state index in [0.717, 1.165) is 39.3 Å². The van der Waals surface area contributed by atoms with Crippen LogP contribution in [0.3, 0.4) is 0 Å². The highest BCUT2D eigenvalue weighted by molar-refractivity contribution is 5.73. The van der Waals surface area contributed by atoms with E-state index < -0.39 is 0 Å². The van der Waals surface area contributed by atoms with Crippen molar-refractivity contribution >= 4 is 6.03 Å². The number of carbonyl (C=O) groups is 1. The quantitative estimate of drug-likeness (QED) is 0.603. The van der Waals surface area contributed by atoms with E-state index in [1.165, 1.54) is 6.42 Å². The molecule has 2 saturated heterocycles. The van der Waals surface area contributed by atoms with Gasteiger partial charge in [0, 0.05) is 38.6 Å². The van der Waals surface area contributed by atoms with E-state index in [-0.39, 0.29) is 6.03 Å². The third-order valence-electron chi connectivity index (χ3n) is 3.46. The number of nitrogens with zero attached hydrogens (tertiary/aromatic N) is 1. The third kappa shape index (κ3) is 3.35. The maximum atomic E-state index is 11.5. The first-order valence-electron chi connectivity index (χ1n) is 6.15. The monoisotopic (exact) mass is 226 g/mol. The summed E-state index contributed by atoms with van der Waals surface area (Å²) < 4.78 is 0. The molecule has 2 heterocycles. The van der Waals surface area contributed by atoms with Crippen molar-refractivity contribution in [1.82, 2.24) is 20.9 Å². The molecule has 2 fully saturated rings. The standard InChI is InChI=1S/C11H22N4O/c1-15-3-2-9(8-15)6-13-11(16)14-7-10-4-12-5-10/h9-10,12H,2-8H2,1H3,(H2,13,14,16). The molecule has 0 saturated carbocycles. The van der Waals surface area contributed by atoms with Crippen LogP contribution in [0.5, 0.6) is 0 Å². The Kier molecular flexibility index (Phi) is 4.01. The summed E-state index contributed by atoms with van der Waals surface area (Å²) >= 11 is 0. The van der Waals surface area contributed by atoms with Crippen LogP contribution in [0, 0.1) is 11.8 Å². The van der Waals surface area contributed by atoms with Crippen molar-refractivity contribution in [3.63, 3.8) is 0 Å². The number of hydrogen-bond acceptors (Lipinski definition) is 3. The Hall–Kier alpha value is -0.810. The van der Waals surface area contributed by atoms with Gasteiger partial charge >= 0.3 is 6.03 Å². The van der Waals surface area contributed by atoms with Gasteiger partial charge in [-0.25, -0.2) is 4.79 Å². The smallest absolute Gasteiger partial charge is 0.314 e. The fraction of sp³-hybridized carbons (Fsp3) is 0.909. The van der Waals surface area contributed by atoms with Crippen LogP contribution in [-0.2, 0) is 0 Å². The van der Waals surface area contributed by atoms with Crippen LogP contribution in [0.25, 0.3) is 0 Å². The predicted octanol–water partition coefficient (Wildman–Crippen LogP) is -0.543. The van der Waals surface area contributed by atoms with Crippen molar-refractivity contribution in [2.45, 2.75) is 6.42 Å². The predicted molar refractivity (Wildman–Crippen MR) is 63.4 cm³/mol. The topological polar surface area (TPSA) is 56.4 Å². The molecule has 0 aromatic carbocycles. The Morgan fingerprint density at radius 2 is 2.00 bits per heavy atom. The first kappa shape index (κ1) is 11.7. The van der Waals surface area contributed by atoms with Gasteiger partial charge in [0.1, 0.15) is 0 Å². The molecule has 0 radical (unpaired) electrons. The van der Waals surface area contributed by atoms with Crippen LogP contribution in [0.4, 0.5) is 4.79 Å². The van der Waals surface area contributed by atoms with Crippen LogP contribution in [0.15, 0.2) is 0 Å². The molecule has 3 N–H and O–H groups in total. The minimum atomic E-state index is -0.0125. The van der Waals surface area contributed by atoms with Gasteiger partial charge < -0.3 is 20.9 Å². The summed E-state index contributed by atoms with van der Waals surface area (Å²) in [6.07, 6.45) is 1.20. The van der Waals surface area contributed by atoms with Gasteiger partial charge in [-0.15, -0.1) is 0 Å². The van der Waals surface area contributed by atoms with Gasteiger partial charge in [0.15, 0.2) is 0 Å². The van der Waals surface area contributed by atoms with Crippen LogP contribution < -0.4 is 16.0 Å². The molecular formula is C11H22N4O. The molecule has 0 bridgehead atoms. The Morgan fingerprint density at radius 3 is 2.50 bits per heavy atom. The van der Waals surface area contributed by atoms with Crippen molar-refractivity contribution in [3.8, 4) is 0 Å². The third-order valence-corrected chi connectivity index (χ3v) is 3.46. The summed E-state index contributed by atoms with van der Waals surface area (Å²) in [6, 6.07) is -0.0125. The molecule has 0 aliphatic carbocycles. The van der Waals surface area contributed by atoms with Gasteiger partial charge in [-0.1, -0.05) is 0 Å². The zero-order chi connectivity index (χ0) is 11.4. The first-order chi connectivity index (χ1) is 7.74. The van der Waals surface area contributed by atoms with Crippen LogP contribution in [-0.4, -0.2) is 57.2 Å². The molecule has 1 atom stereocenters. The lowest BCUT2D eigenvalue weighted by molar-refractivity contribution is 0.233. The molecule has 5 heteroatoms. The van der Waals surface area contributed by atoms with E-state index in [0.29, 0.717) is 11.8 Å². The van der Waals surface area contributed by atoms with Crippen molar-refractivity contribution in [3.05, 3.63) is 0 Å². The lowest BCUT2D eigenvalue weighted by atomic mass is 10.0. The van der Waals surface area contributed by atoms with Crippen LogP contribution in [0.1, 0.15) is 6.42 Å². The van der Waals surface area contributed by atoms with E-state index in [1.54, 1.807) is 0 Å². The lowest BCUT2D eigenvalue weighted by Gasteiger charge is -2.27. The number of likely N-dealkylation sites (tertiary alicyclic amines) is 1. The average molecular weight is 226 g/mol. The molecular weight excluding hydrogens is 204 g/mol. The molecule has 0 spiro atoms. The zero-order valence-electron chi connectivity index (χ0n) is 9.96. The summed E-state index contributed by atoms with van der Waals surface area (Å²) in [5.41, 5.74) is 0. The average Bonchev–Trinajstić information content (AvgIpc) is 2.59. The van der Waals surface area contributed by atoms with Gasteiger partial charge in [-0.05, 0) is 25.9 Å². The summed E-state index contributed by atoms with van der Waals surface area (Å²) in [5, 5.41) is 9.06. The van der Waals surface area contributed by atoms with Gasteiger partial charge in [-0.3, -0.25) is 0 Å². The largest absolute Gasteiger partial charge is 0.338 e. The Labute approximate surface area is 96.9 Å². The number of hydrogen-bond donors (Lipinski definition) is 3. The molecule has 92 valence electrons. The van der Waals surface area contributed by atoms with Gasteiger partial charge in [0.25, 0.3) is 0 Å². The number of carbonyl (C=O) groups excluding carboxylic acids is 1. The van der Waals surface area contributed by atoms with Crippen LogP contribution in [0.2, 0.25) is 0 Å². The fourth-order valence-electron chi connectivity index (χ4n) is 2.22. The van der Waals surface area contributed by atoms with E-state index in [2.05, 4.69) is 27.9 Å². The molecule has 2 rings (SSSR count). The van der Waals surface area contributed by atoms with Crippen molar-refractivity contribution < 1.29 is 4.79 Å². The van der Waals surface area contributed by atoms with Gasteiger partial charge in [0.2, 0.25) is 0 Å². The number of urea groups is 1. The molecule has 16 heavy (non-hydrogen) atoms. The van der Waals surface area contributed by atoms with Crippen LogP contribution >= 0.6 is 0 Å². The highest BCUT2D eigenvalue weighted by atomic mass is 16.2. The summed E-state index contributed by atoms with van der Waals surface area (Å²) in [5.74, 6) is 1.25. The summed E-state index contributed by atoms with van der Waals surface area (Å²) in [7, 11) is 2.13. The molecule has 2 aliphatic heterocycles. The summed E-state index contributed by atoms with van der Waals surface area (Å²) in [4.78, 5) is 13.8. The second-order valence-electron chi connectivity index (χ2n) is 5.03. The zero-order valence-corrected chi connectivity index (χ0v) is 9.96. The number of amides is 2. The molecule has 5 nitrogen and oxygen atoms in total. The minimum Gasteiger partial charge on any atom is -0.338 e. The van der Waals surface area contributed by atoms with Crippen molar-refractivity contribution in [2.75, 3.05) is 46.3 Å².